The maximum absolute atomic E-state index is 12.7. The molecule has 1 aromatic heterocycles. The van der Waals surface area contributed by atoms with E-state index >= 15 is 0 Å². The van der Waals surface area contributed by atoms with Gasteiger partial charge in [-0.15, -0.1) is 0 Å². The van der Waals surface area contributed by atoms with Crippen LogP contribution in [-0.2, 0) is 16.6 Å². The molecule has 1 fully saturated rings. The van der Waals surface area contributed by atoms with E-state index in [2.05, 4.69) is 20.8 Å². The summed E-state index contributed by atoms with van der Waals surface area (Å²) in [6.07, 6.45) is 0. The predicted octanol–water partition coefficient (Wildman–Crippen LogP) is 1.21. The van der Waals surface area contributed by atoms with E-state index in [1.165, 1.54) is 10.4 Å². The molecule has 1 aromatic rings. The van der Waals surface area contributed by atoms with Crippen molar-refractivity contribution in [3.8, 4) is 0 Å². The minimum absolute atomic E-state index is 0.155. The predicted molar refractivity (Wildman–Crippen MR) is 79.7 cm³/mol. The molecule has 1 saturated heterocycles. The molecule has 114 valence electrons. The van der Waals surface area contributed by atoms with Crippen molar-refractivity contribution in [2.45, 2.75) is 37.4 Å². The fourth-order valence-corrected chi connectivity index (χ4v) is 4.93. The number of sulfonamides is 1. The third-order valence-electron chi connectivity index (χ3n) is 3.85. The van der Waals surface area contributed by atoms with E-state index in [1.54, 1.807) is 0 Å². The van der Waals surface area contributed by atoms with Gasteiger partial charge in [0.25, 0.3) is 0 Å². The molecule has 0 amide bonds. The minimum atomic E-state index is -3.56. The number of rotatable bonds is 3. The standard InChI is InChI=1S/C12H20BrN3O3S/c1-8-6-16(7-9(2)15(8)3)20(17,18)11-4-10(5-14)19-12(11)13/h4,8-9H,5-7,14H2,1-3H3. The summed E-state index contributed by atoms with van der Waals surface area (Å²) in [5, 5.41) is 0. The van der Waals surface area contributed by atoms with Crippen LogP contribution in [0.1, 0.15) is 19.6 Å². The first-order valence-corrected chi connectivity index (χ1v) is 8.71. The molecule has 8 heteroatoms. The molecule has 1 aliphatic heterocycles. The number of piperazine rings is 1. The first-order chi connectivity index (χ1) is 9.27. The molecule has 0 radical (unpaired) electrons. The van der Waals surface area contributed by atoms with Gasteiger partial charge in [-0.25, -0.2) is 8.42 Å². The van der Waals surface area contributed by atoms with Crippen molar-refractivity contribution in [1.29, 1.82) is 0 Å². The SMILES string of the molecule is CC1CN(S(=O)(=O)c2cc(CN)oc2Br)CC(C)N1C. The first kappa shape index (κ1) is 16.0. The van der Waals surface area contributed by atoms with Gasteiger partial charge in [0.1, 0.15) is 10.7 Å². The number of nitrogens with two attached hydrogens (primary N) is 1. The average molecular weight is 366 g/mol. The summed E-state index contributed by atoms with van der Waals surface area (Å²) in [4.78, 5) is 2.34. The molecule has 2 rings (SSSR count). The van der Waals surface area contributed by atoms with Gasteiger partial charge in [0.2, 0.25) is 10.0 Å². The highest BCUT2D eigenvalue weighted by Gasteiger charge is 2.36. The van der Waals surface area contributed by atoms with Gasteiger partial charge >= 0.3 is 0 Å². The maximum Gasteiger partial charge on any atom is 0.247 e. The Morgan fingerprint density at radius 3 is 2.40 bits per heavy atom. The molecular weight excluding hydrogens is 346 g/mol. The van der Waals surface area contributed by atoms with E-state index in [0.717, 1.165) is 0 Å². The van der Waals surface area contributed by atoms with Gasteiger partial charge in [-0.3, -0.25) is 4.90 Å². The molecular formula is C12H20BrN3O3S. The third kappa shape index (κ3) is 2.80. The fourth-order valence-electron chi connectivity index (χ4n) is 2.37. The molecule has 0 bridgehead atoms. The Balaban J connectivity index is 2.33. The van der Waals surface area contributed by atoms with E-state index in [4.69, 9.17) is 10.2 Å². The van der Waals surface area contributed by atoms with Crippen LogP contribution in [0.5, 0.6) is 0 Å². The normalized spacial score (nSPS) is 26.1. The largest absolute Gasteiger partial charge is 0.452 e. The molecule has 0 saturated carbocycles. The van der Waals surface area contributed by atoms with E-state index < -0.39 is 10.0 Å². The van der Waals surface area contributed by atoms with Crippen LogP contribution in [0.25, 0.3) is 0 Å². The van der Waals surface area contributed by atoms with Crippen LogP contribution in [0.3, 0.4) is 0 Å². The summed E-state index contributed by atoms with van der Waals surface area (Å²) in [6.45, 7) is 5.16. The Kier molecular flexibility index (Phi) is 4.60. The summed E-state index contributed by atoms with van der Waals surface area (Å²) in [6, 6.07) is 1.84. The summed E-state index contributed by atoms with van der Waals surface area (Å²) >= 11 is 3.16. The van der Waals surface area contributed by atoms with E-state index in [1.807, 2.05) is 20.9 Å². The van der Waals surface area contributed by atoms with Crippen LogP contribution in [0.2, 0.25) is 0 Å². The Labute approximate surface area is 128 Å². The van der Waals surface area contributed by atoms with Crippen LogP contribution >= 0.6 is 15.9 Å². The van der Waals surface area contributed by atoms with Crippen molar-refractivity contribution in [1.82, 2.24) is 9.21 Å². The zero-order valence-electron chi connectivity index (χ0n) is 11.8. The van der Waals surface area contributed by atoms with Crippen LogP contribution in [0.4, 0.5) is 0 Å². The summed E-state index contributed by atoms with van der Waals surface area (Å²) in [5.74, 6) is 0.450. The molecule has 6 nitrogen and oxygen atoms in total. The van der Waals surface area contributed by atoms with Crippen molar-refractivity contribution >= 4 is 26.0 Å². The number of nitrogens with zero attached hydrogens (tertiary/aromatic N) is 2. The first-order valence-electron chi connectivity index (χ1n) is 6.47. The van der Waals surface area contributed by atoms with E-state index in [9.17, 15) is 8.42 Å². The van der Waals surface area contributed by atoms with Crippen LogP contribution in [0, 0.1) is 0 Å². The topological polar surface area (TPSA) is 79.8 Å². The highest BCUT2D eigenvalue weighted by molar-refractivity contribution is 9.10. The molecule has 2 atom stereocenters. The molecule has 2 N–H and O–H groups in total. The van der Waals surface area contributed by atoms with Crippen LogP contribution in [-0.4, -0.2) is 49.8 Å². The maximum atomic E-state index is 12.7. The molecule has 0 spiro atoms. The molecule has 0 aromatic carbocycles. The molecule has 2 unspecified atom stereocenters. The second-order valence-corrected chi connectivity index (χ2v) is 7.87. The second-order valence-electron chi connectivity index (χ2n) is 5.24. The van der Waals surface area contributed by atoms with Crippen molar-refractivity contribution < 1.29 is 12.8 Å². The molecule has 1 aliphatic rings. The Bertz CT molecular complexity index is 575. The number of halogens is 1. The van der Waals surface area contributed by atoms with Gasteiger partial charge in [0.15, 0.2) is 4.67 Å². The number of likely N-dealkylation sites (N-methyl/N-ethyl adjacent to an activating group) is 1. The van der Waals surface area contributed by atoms with Gasteiger partial charge in [0.05, 0.1) is 6.54 Å². The van der Waals surface area contributed by atoms with Crippen LogP contribution < -0.4 is 5.73 Å². The van der Waals surface area contributed by atoms with Gasteiger partial charge < -0.3 is 10.2 Å². The third-order valence-corrected chi connectivity index (χ3v) is 6.54. The Hall–Kier alpha value is -0.410. The number of hydrogen-bond acceptors (Lipinski definition) is 5. The summed E-state index contributed by atoms with van der Waals surface area (Å²) in [7, 11) is -1.55. The molecule has 0 aliphatic carbocycles. The Morgan fingerprint density at radius 1 is 1.40 bits per heavy atom. The highest BCUT2D eigenvalue weighted by atomic mass is 79.9. The lowest BCUT2D eigenvalue weighted by atomic mass is 10.1. The molecule has 20 heavy (non-hydrogen) atoms. The zero-order chi connectivity index (χ0) is 15.1. The van der Waals surface area contributed by atoms with Crippen molar-refractivity contribution in [2.75, 3.05) is 20.1 Å². The smallest absolute Gasteiger partial charge is 0.247 e. The zero-order valence-corrected chi connectivity index (χ0v) is 14.2. The summed E-state index contributed by atoms with van der Waals surface area (Å²) in [5.41, 5.74) is 5.49. The Morgan fingerprint density at radius 2 is 1.95 bits per heavy atom. The van der Waals surface area contributed by atoms with Crippen molar-refractivity contribution in [2.24, 2.45) is 5.73 Å². The monoisotopic (exact) mass is 365 g/mol. The van der Waals surface area contributed by atoms with E-state index in [0.29, 0.717) is 18.8 Å². The van der Waals surface area contributed by atoms with Crippen molar-refractivity contribution in [3.63, 3.8) is 0 Å². The fraction of sp³-hybridized carbons (Fsp3) is 0.667. The quantitative estimate of drug-likeness (QED) is 0.870. The van der Waals surface area contributed by atoms with Gasteiger partial charge in [0, 0.05) is 31.2 Å². The van der Waals surface area contributed by atoms with Gasteiger partial charge in [-0.05, 0) is 36.8 Å². The van der Waals surface area contributed by atoms with Crippen LogP contribution in [0.15, 0.2) is 20.0 Å². The van der Waals surface area contributed by atoms with Gasteiger partial charge in [-0.2, -0.15) is 4.31 Å². The highest BCUT2D eigenvalue weighted by Crippen LogP contribution is 2.30. The second kappa shape index (κ2) is 5.76. The van der Waals surface area contributed by atoms with Crippen molar-refractivity contribution in [3.05, 3.63) is 16.5 Å². The average Bonchev–Trinajstić information content (AvgIpc) is 2.77. The van der Waals surface area contributed by atoms with Gasteiger partial charge in [-0.1, -0.05) is 0 Å². The number of furan rings is 1. The summed E-state index contributed by atoms with van der Waals surface area (Å²) < 4.78 is 32.4. The molecule has 2 heterocycles. The van der Waals surface area contributed by atoms with E-state index in [-0.39, 0.29) is 28.2 Å². The lowest BCUT2D eigenvalue weighted by Gasteiger charge is -2.41. The lowest BCUT2D eigenvalue weighted by molar-refractivity contribution is 0.105. The number of hydrogen-bond donors (Lipinski definition) is 1. The lowest BCUT2D eigenvalue weighted by Crippen LogP contribution is -2.56. The minimum Gasteiger partial charge on any atom is -0.452 e.